The van der Waals surface area contributed by atoms with Gasteiger partial charge in [-0.05, 0) is 5.41 Å². The third kappa shape index (κ3) is 5.65. The first-order valence-corrected chi connectivity index (χ1v) is 8.25. The normalized spacial score (nSPS) is 32.0. The van der Waals surface area contributed by atoms with E-state index in [1.165, 1.54) is 0 Å². The van der Waals surface area contributed by atoms with E-state index in [9.17, 15) is 18.7 Å². The van der Waals surface area contributed by atoms with Crippen LogP contribution in [-0.4, -0.2) is 66.3 Å². The molecule has 2 saturated heterocycles. The molecule has 0 radical (unpaired) electrons. The number of alkyl halides is 2. The van der Waals surface area contributed by atoms with Crippen LogP contribution >= 0.6 is 0 Å². The Balaban J connectivity index is 1.78. The molecule has 23 heavy (non-hydrogen) atoms. The Bertz CT molecular complexity index is 416. The van der Waals surface area contributed by atoms with E-state index in [1.807, 2.05) is 25.7 Å². The maximum atomic E-state index is 13.2. The monoisotopic (exact) mass is 334 g/mol. The van der Waals surface area contributed by atoms with Crippen molar-refractivity contribution in [2.24, 2.45) is 5.41 Å². The first kappa shape index (κ1) is 18.5. The maximum Gasteiger partial charge on any atom is 0.250 e. The van der Waals surface area contributed by atoms with Gasteiger partial charge >= 0.3 is 0 Å². The third-order valence-electron chi connectivity index (χ3n) is 4.35. The number of carbonyl (C=O) groups is 1. The number of nitrogens with zero attached hydrogens (tertiary/aromatic N) is 1. The van der Waals surface area contributed by atoms with Gasteiger partial charge in [0.15, 0.2) is 0 Å². The summed E-state index contributed by atoms with van der Waals surface area (Å²) in [5, 5.41) is 13.1. The summed E-state index contributed by atoms with van der Waals surface area (Å²) < 4.78 is 31.9. The highest BCUT2D eigenvalue weighted by Gasteiger charge is 2.40. The van der Waals surface area contributed by atoms with Gasteiger partial charge in [-0.2, -0.15) is 0 Å². The van der Waals surface area contributed by atoms with Crippen LogP contribution in [0.4, 0.5) is 8.78 Å². The maximum absolute atomic E-state index is 13.2. The van der Waals surface area contributed by atoms with Crippen LogP contribution in [0.25, 0.3) is 0 Å². The van der Waals surface area contributed by atoms with Crippen molar-refractivity contribution < 1.29 is 23.4 Å². The Labute approximate surface area is 136 Å². The average Bonchev–Trinajstić information content (AvgIpc) is 2.72. The molecule has 0 spiro atoms. The molecule has 2 fully saturated rings. The fraction of sp³-hybridized carbons (Fsp3) is 0.938. The molecular weight excluding hydrogens is 306 g/mol. The highest BCUT2D eigenvalue weighted by atomic mass is 19.3. The van der Waals surface area contributed by atoms with E-state index >= 15 is 0 Å². The number of carbonyl (C=O) groups excluding carboxylic acids is 1. The largest absolute Gasteiger partial charge is 0.388 e. The Morgan fingerprint density at radius 3 is 2.52 bits per heavy atom. The number of aliphatic hydroxyl groups is 1. The number of hydrogen-bond donors (Lipinski definition) is 2. The molecule has 1 amide bonds. The van der Waals surface area contributed by atoms with Crippen LogP contribution in [0, 0.1) is 5.41 Å². The molecule has 0 unspecified atom stereocenters. The van der Waals surface area contributed by atoms with Gasteiger partial charge in [0.25, 0.3) is 5.92 Å². The smallest absolute Gasteiger partial charge is 0.250 e. The highest BCUT2D eigenvalue weighted by Crippen LogP contribution is 2.28. The molecule has 0 bridgehead atoms. The Kier molecular flexibility index (Phi) is 5.63. The van der Waals surface area contributed by atoms with E-state index in [2.05, 4.69) is 5.32 Å². The molecule has 0 saturated carbocycles. The second kappa shape index (κ2) is 6.99. The van der Waals surface area contributed by atoms with Crippen LogP contribution < -0.4 is 5.32 Å². The van der Waals surface area contributed by atoms with Gasteiger partial charge in [0.2, 0.25) is 5.91 Å². The second-order valence-electron chi connectivity index (χ2n) is 7.93. The molecule has 5 nitrogen and oxygen atoms in total. The van der Waals surface area contributed by atoms with E-state index in [4.69, 9.17) is 4.74 Å². The number of nitrogens with one attached hydrogen (secondary N) is 1. The fourth-order valence-electron chi connectivity index (χ4n) is 3.03. The van der Waals surface area contributed by atoms with Crippen molar-refractivity contribution >= 4 is 5.91 Å². The highest BCUT2D eigenvalue weighted by molar-refractivity contribution is 5.77. The third-order valence-corrected chi connectivity index (χ3v) is 4.35. The summed E-state index contributed by atoms with van der Waals surface area (Å²) in [4.78, 5) is 13.9. The zero-order chi connectivity index (χ0) is 17.3. The van der Waals surface area contributed by atoms with Crippen molar-refractivity contribution in [3.05, 3.63) is 0 Å². The summed E-state index contributed by atoms with van der Waals surface area (Å²) >= 11 is 0. The number of amides is 1. The number of rotatable bonds is 4. The van der Waals surface area contributed by atoms with Gasteiger partial charge in [-0.15, -0.1) is 0 Å². The second-order valence-corrected chi connectivity index (χ2v) is 7.93. The topological polar surface area (TPSA) is 61.8 Å². The summed E-state index contributed by atoms with van der Waals surface area (Å²) in [6, 6.07) is -0.430. The number of halogens is 2. The SMILES string of the molecule is CC(C)(C)CC(=O)N[C@H]1CO[C@@H](CN2CCC(F)(F)CC2)[C@@H]1O. The summed E-state index contributed by atoms with van der Waals surface area (Å²) in [5.41, 5.74) is -0.118. The van der Waals surface area contributed by atoms with Crippen molar-refractivity contribution in [3.8, 4) is 0 Å². The van der Waals surface area contributed by atoms with Gasteiger partial charge in [-0.25, -0.2) is 8.78 Å². The molecule has 2 N–H and O–H groups in total. The molecule has 0 aromatic rings. The quantitative estimate of drug-likeness (QED) is 0.816. The number of piperidine rings is 1. The predicted molar refractivity (Wildman–Crippen MR) is 82.4 cm³/mol. The summed E-state index contributed by atoms with van der Waals surface area (Å²) in [7, 11) is 0. The molecule has 7 heteroatoms. The first-order valence-electron chi connectivity index (χ1n) is 8.25. The number of likely N-dealkylation sites (tertiary alicyclic amines) is 1. The summed E-state index contributed by atoms with van der Waals surface area (Å²) in [5.74, 6) is -2.68. The van der Waals surface area contributed by atoms with Crippen molar-refractivity contribution in [1.29, 1.82) is 0 Å². The average molecular weight is 334 g/mol. The van der Waals surface area contributed by atoms with Crippen molar-refractivity contribution in [1.82, 2.24) is 10.2 Å². The minimum absolute atomic E-state index is 0.108. The van der Waals surface area contributed by atoms with Gasteiger partial charge in [0, 0.05) is 38.9 Å². The number of hydrogen-bond acceptors (Lipinski definition) is 4. The van der Waals surface area contributed by atoms with E-state index in [-0.39, 0.29) is 30.8 Å². The minimum Gasteiger partial charge on any atom is -0.388 e. The number of ether oxygens (including phenoxy) is 1. The van der Waals surface area contributed by atoms with Gasteiger partial charge < -0.3 is 20.1 Å². The zero-order valence-corrected chi connectivity index (χ0v) is 14.1. The molecule has 0 aromatic carbocycles. The Morgan fingerprint density at radius 1 is 1.35 bits per heavy atom. The summed E-state index contributed by atoms with van der Waals surface area (Å²) in [6.45, 7) is 7.21. The zero-order valence-electron chi connectivity index (χ0n) is 14.1. The molecular formula is C16H28F2N2O3. The standard InChI is InChI=1S/C16H28F2N2O3/c1-15(2,3)8-13(21)19-11-10-23-12(14(11)22)9-20-6-4-16(17,18)5-7-20/h11-12,14,22H,4-10H2,1-3H3,(H,19,21)/t11-,12-,14+/m0/s1. The van der Waals surface area contributed by atoms with E-state index in [0.717, 1.165) is 0 Å². The van der Waals surface area contributed by atoms with Crippen LogP contribution in [0.5, 0.6) is 0 Å². The van der Waals surface area contributed by atoms with E-state index in [1.54, 1.807) is 0 Å². The molecule has 0 aromatic heterocycles. The lowest BCUT2D eigenvalue weighted by Crippen LogP contribution is -2.49. The van der Waals surface area contributed by atoms with Crippen molar-refractivity contribution in [2.45, 2.75) is 64.2 Å². The molecule has 2 aliphatic rings. The fourth-order valence-corrected chi connectivity index (χ4v) is 3.03. The van der Waals surface area contributed by atoms with Gasteiger partial charge in [-0.3, -0.25) is 4.79 Å². The van der Waals surface area contributed by atoms with Gasteiger partial charge in [0.05, 0.1) is 18.8 Å². The summed E-state index contributed by atoms with van der Waals surface area (Å²) in [6.07, 6.45) is -1.17. The van der Waals surface area contributed by atoms with Crippen LogP contribution in [0.2, 0.25) is 0 Å². The molecule has 0 aliphatic carbocycles. The predicted octanol–water partition coefficient (Wildman–Crippen LogP) is 1.40. The van der Waals surface area contributed by atoms with E-state index in [0.29, 0.717) is 26.1 Å². The number of aliphatic hydroxyl groups excluding tert-OH is 1. The van der Waals surface area contributed by atoms with Crippen molar-refractivity contribution in [2.75, 3.05) is 26.2 Å². The molecule has 3 atom stereocenters. The minimum atomic E-state index is -2.57. The Hall–Kier alpha value is -0.790. The van der Waals surface area contributed by atoms with E-state index < -0.39 is 24.2 Å². The van der Waals surface area contributed by atoms with Crippen LogP contribution in [0.1, 0.15) is 40.0 Å². The lowest BCUT2D eigenvalue weighted by Gasteiger charge is -2.33. The van der Waals surface area contributed by atoms with Crippen LogP contribution in [0.3, 0.4) is 0 Å². The molecule has 134 valence electrons. The lowest BCUT2D eigenvalue weighted by atomic mass is 9.91. The van der Waals surface area contributed by atoms with Gasteiger partial charge in [-0.1, -0.05) is 20.8 Å². The lowest BCUT2D eigenvalue weighted by molar-refractivity contribution is -0.124. The first-order chi connectivity index (χ1) is 10.6. The molecule has 2 rings (SSSR count). The van der Waals surface area contributed by atoms with Crippen LogP contribution in [0.15, 0.2) is 0 Å². The van der Waals surface area contributed by atoms with Crippen LogP contribution in [-0.2, 0) is 9.53 Å². The van der Waals surface area contributed by atoms with Crippen molar-refractivity contribution in [3.63, 3.8) is 0 Å². The molecule has 2 heterocycles. The Morgan fingerprint density at radius 2 is 1.96 bits per heavy atom. The van der Waals surface area contributed by atoms with Gasteiger partial charge in [0.1, 0.15) is 6.10 Å². The molecule has 2 aliphatic heterocycles.